The molecule has 3 atom stereocenters. The van der Waals surface area contributed by atoms with Crippen LogP contribution in [0.1, 0.15) is 55.1 Å². The lowest BCUT2D eigenvalue weighted by Gasteiger charge is -2.24. The first-order chi connectivity index (χ1) is 13.9. The number of rotatable bonds is 4. The number of hydrogen-bond acceptors (Lipinski definition) is 5. The van der Waals surface area contributed by atoms with Gasteiger partial charge < -0.3 is 19.6 Å². The number of aryl methyl sites for hydroxylation is 1. The third-order valence-electron chi connectivity index (χ3n) is 7.09. The molecule has 2 aromatic heterocycles. The largest absolute Gasteiger partial charge is 0.442 e. The molecule has 2 aromatic rings. The number of aromatic amines is 1. The predicted octanol–water partition coefficient (Wildman–Crippen LogP) is 1.98. The van der Waals surface area contributed by atoms with E-state index in [4.69, 9.17) is 4.42 Å². The van der Waals surface area contributed by atoms with Crippen LogP contribution in [-0.2, 0) is 4.79 Å². The molecule has 3 fully saturated rings. The van der Waals surface area contributed by atoms with E-state index in [1.54, 1.807) is 11.8 Å². The maximum Gasteiger partial charge on any atom is 0.262 e. The summed E-state index contributed by atoms with van der Waals surface area (Å²) in [6.45, 7) is 5.08. The summed E-state index contributed by atoms with van der Waals surface area (Å²) in [5, 5.41) is 3.41. The van der Waals surface area contributed by atoms with Crippen LogP contribution >= 0.6 is 0 Å². The minimum absolute atomic E-state index is 0.140. The van der Waals surface area contributed by atoms with Crippen LogP contribution in [0.5, 0.6) is 0 Å². The SMILES string of the molecule is Cc1oc2nc[nH]c(=O)c2c1C(=O)N1C[C@@H]2C(NC(=O)CC3(C)CCCC3)[C@@H]2C1. The number of hydrogen-bond donors (Lipinski definition) is 2. The van der Waals surface area contributed by atoms with Gasteiger partial charge in [-0.3, -0.25) is 14.4 Å². The number of carbonyl (C=O) groups excluding carboxylic acids is 2. The van der Waals surface area contributed by atoms with Gasteiger partial charge in [-0.15, -0.1) is 0 Å². The average molecular weight is 398 g/mol. The Balaban J connectivity index is 1.23. The third kappa shape index (κ3) is 3.05. The molecule has 154 valence electrons. The quantitative estimate of drug-likeness (QED) is 0.819. The summed E-state index contributed by atoms with van der Waals surface area (Å²) in [6.07, 6.45) is 6.57. The summed E-state index contributed by atoms with van der Waals surface area (Å²) in [7, 11) is 0. The Bertz CT molecular complexity index is 1040. The third-order valence-corrected chi connectivity index (χ3v) is 7.09. The van der Waals surface area contributed by atoms with Gasteiger partial charge in [0.1, 0.15) is 11.1 Å². The van der Waals surface area contributed by atoms with E-state index in [2.05, 4.69) is 22.2 Å². The summed E-state index contributed by atoms with van der Waals surface area (Å²) in [5.74, 6) is 0.948. The van der Waals surface area contributed by atoms with Crippen LogP contribution in [-0.4, -0.2) is 45.8 Å². The Labute approximate surface area is 168 Å². The second kappa shape index (κ2) is 6.43. The van der Waals surface area contributed by atoms with Gasteiger partial charge in [0.25, 0.3) is 11.5 Å². The van der Waals surface area contributed by atoms with Crippen LogP contribution in [0.25, 0.3) is 11.1 Å². The Morgan fingerprint density at radius 3 is 2.69 bits per heavy atom. The number of fused-ring (bicyclic) bond motifs is 2. The highest BCUT2D eigenvalue weighted by atomic mass is 16.3. The molecular formula is C21H26N4O4. The number of aromatic nitrogens is 2. The van der Waals surface area contributed by atoms with Crippen LogP contribution in [0, 0.1) is 24.2 Å². The molecule has 3 aliphatic rings. The second-order valence-corrected chi connectivity index (χ2v) is 9.27. The summed E-state index contributed by atoms with van der Waals surface area (Å²) in [6, 6.07) is 0.170. The fourth-order valence-corrected chi connectivity index (χ4v) is 5.41. The molecule has 0 spiro atoms. The van der Waals surface area contributed by atoms with E-state index < -0.39 is 0 Å². The van der Waals surface area contributed by atoms with Crippen molar-refractivity contribution in [3.05, 3.63) is 28.0 Å². The molecule has 29 heavy (non-hydrogen) atoms. The molecule has 0 radical (unpaired) electrons. The number of furan rings is 1. The van der Waals surface area contributed by atoms with Crippen molar-refractivity contribution in [3.8, 4) is 0 Å². The van der Waals surface area contributed by atoms with Crippen molar-refractivity contribution in [1.82, 2.24) is 20.2 Å². The van der Waals surface area contributed by atoms with E-state index in [0.717, 1.165) is 12.8 Å². The molecule has 8 nitrogen and oxygen atoms in total. The first kappa shape index (κ1) is 18.4. The van der Waals surface area contributed by atoms with E-state index in [9.17, 15) is 14.4 Å². The lowest BCUT2D eigenvalue weighted by molar-refractivity contribution is -0.123. The summed E-state index contributed by atoms with van der Waals surface area (Å²) in [4.78, 5) is 46.0. The zero-order chi connectivity index (χ0) is 20.3. The Kier molecular flexibility index (Phi) is 4.08. The number of nitrogens with one attached hydrogen (secondary N) is 2. The van der Waals surface area contributed by atoms with E-state index in [0.29, 0.717) is 42.7 Å². The van der Waals surface area contributed by atoms with E-state index >= 15 is 0 Å². The molecule has 2 N–H and O–H groups in total. The van der Waals surface area contributed by atoms with Gasteiger partial charge in [0, 0.05) is 37.4 Å². The van der Waals surface area contributed by atoms with Gasteiger partial charge in [-0.05, 0) is 25.2 Å². The van der Waals surface area contributed by atoms with Crippen molar-refractivity contribution in [2.24, 2.45) is 17.3 Å². The highest BCUT2D eigenvalue weighted by Gasteiger charge is 2.57. The van der Waals surface area contributed by atoms with Gasteiger partial charge in [-0.25, -0.2) is 4.98 Å². The van der Waals surface area contributed by atoms with Gasteiger partial charge in [0.2, 0.25) is 11.6 Å². The van der Waals surface area contributed by atoms with Crippen molar-refractivity contribution in [1.29, 1.82) is 0 Å². The maximum absolute atomic E-state index is 13.1. The first-order valence-corrected chi connectivity index (χ1v) is 10.4. The van der Waals surface area contributed by atoms with E-state index in [1.807, 2.05) is 0 Å². The number of likely N-dealkylation sites (tertiary alicyclic amines) is 1. The zero-order valence-corrected chi connectivity index (χ0v) is 16.8. The number of amides is 2. The molecule has 1 saturated heterocycles. The standard InChI is InChI=1S/C21H26N4O4/c1-11-15(16-18(27)22-10-23-19(16)29-11)20(28)25-8-12-13(9-25)17(12)24-14(26)7-21(2)5-3-4-6-21/h10,12-13,17H,3-9H2,1-2H3,(H,24,26)(H,22,23,27)/t12-,13+,17?. The molecule has 2 aliphatic carbocycles. The Hall–Kier alpha value is -2.64. The Morgan fingerprint density at radius 1 is 1.31 bits per heavy atom. The number of H-pyrrole nitrogens is 1. The molecule has 5 rings (SSSR count). The highest BCUT2D eigenvalue weighted by Crippen LogP contribution is 2.47. The zero-order valence-electron chi connectivity index (χ0n) is 16.8. The van der Waals surface area contributed by atoms with Crippen molar-refractivity contribution >= 4 is 22.9 Å². The summed E-state index contributed by atoms with van der Waals surface area (Å²) in [5.41, 5.74) is 0.261. The summed E-state index contributed by atoms with van der Waals surface area (Å²) >= 11 is 0. The highest BCUT2D eigenvalue weighted by molar-refractivity contribution is 6.06. The predicted molar refractivity (Wildman–Crippen MR) is 105 cm³/mol. The molecule has 1 unspecified atom stereocenters. The second-order valence-electron chi connectivity index (χ2n) is 9.27. The molecule has 0 aromatic carbocycles. The molecule has 8 heteroatoms. The minimum atomic E-state index is -0.370. The van der Waals surface area contributed by atoms with Crippen molar-refractivity contribution in [2.75, 3.05) is 13.1 Å². The average Bonchev–Trinajstić information content (AvgIpc) is 3.09. The smallest absolute Gasteiger partial charge is 0.262 e. The lowest BCUT2D eigenvalue weighted by Crippen LogP contribution is -2.38. The number of carbonyl (C=O) groups is 2. The van der Waals surface area contributed by atoms with E-state index in [1.165, 1.54) is 19.2 Å². The van der Waals surface area contributed by atoms with Gasteiger partial charge in [0.15, 0.2) is 0 Å². The van der Waals surface area contributed by atoms with Crippen LogP contribution in [0.15, 0.2) is 15.5 Å². The topological polar surface area (TPSA) is 108 Å². The molecule has 2 amide bonds. The number of piperidine rings is 1. The number of nitrogens with zero attached hydrogens (tertiary/aromatic N) is 2. The van der Waals surface area contributed by atoms with Crippen LogP contribution in [0.2, 0.25) is 0 Å². The molecular weight excluding hydrogens is 372 g/mol. The van der Waals surface area contributed by atoms with E-state index in [-0.39, 0.29) is 39.9 Å². The molecule has 3 heterocycles. The monoisotopic (exact) mass is 398 g/mol. The van der Waals surface area contributed by atoms with Gasteiger partial charge in [-0.2, -0.15) is 0 Å². The fourth-order valence-electron chi connectivity index (χ4n) is 5.41. The van der Waals surface area contributed by atoms with Gasteiger partial charge >= 0.3 is 0 Å². The van der Waals surface area contributed by atoms with Crippen LogP contribution < -0.4 is 10.9 Å². The molecule has 0 bridgehead atoms. The Morgan fingerprint density at radius 2 is 2.00 bits per heavy atom. The lowest BCUT2D eigenvalue weighted by atomic mass is 9.85. The van der Waals surface area contributed by atoms with Crippen molar-refractivity contribution < 1.29 is 14.0 Å². The molecule has 2 saturated carbocycles. The van der Waals surface area contributed by atoms with Gasteiger partial charge in [0.05, 0.1) is 11.9 Å². The van der Waals surface area contributed by atoms with Crippen molar-refractivity contribution in [3.63, 3.8) is 0 Å². The minimum Gasteiger partial charge on any atom is -0.442 e. The first-order valence-electron chi connectivity index (χ1n) is 10.4. The van der Waals surface area contributed by atoms with Crippen LogP contribution in [0.4, 0.5) is 0 Å². The van der Waals surface area contributed by atoms with Gasteiger partial charge in [-0.1, -0.05) is 19.8 Å². The summed E-state index contributed by atoms with van der Waals surface area (Å²) < 4.78 is 5.51. The van der Waals surface area contributed by atoms with Crippen LogP contribution in [0.3, 0.4) is 0 Å². The van der Waals surface area contributed by atoms with Crippen molar-refractivity contribution in [2.45, 2.75) is 52.0 Å². The fraction of sp³-hybridized carbons (Fsp3) is 0.619. The molecule has 1 aliphatic heterocycles. The normalized spacial score (nSPS) is 27.2. The maximum atomic E-state index is 13.1.